The first-order valence-corrected chi connectivity index (χ1v) is 10.9. The van der Waals surface area contributed by atoms with Gasteiger partial charge < -0.3 is 4.90 Å². The molecule has 0 aliphatic rings. The highest BCUT2D eigenvalue weighted by Crippen LogP contribution is 2.31. The molecule has 0 saturated carbocycles. The summed E-state index contributed by atoms with van der Waals surface area (Å²) in [6.45, 7) is 3.41. The van der Waals surface area contributed by atoms with Crippen molar-refractivity contribution in [3.63, 3.8) is 0 Å². The van der Waals surface area contributed by atoms with E-state index in [0.717, 1.165) is 32.4 Å². The summed E-state index contributed by atoms with van der Waals surface area (Å²) in [7, 11) is 3.99. The molecule has 0 atom stereocenters. The number of halogens is 2. The van der Waals surface area contributed by atoms with Gasteiger partial charge in [0.1, 0.15) is 5.82 Å². The fraction of sp³-hybridized carbons (Fsp3) is 0.333. The highest BCUT2D eigenvalue weighted by Gasteiger charge is 2.20. The van der Waals surface area contributed by atoms with Gasteiger partial charge in [0.15, 0.2) is 5.13 Å². The van der Waals surface area contributed by atoms with Gasteiger partial charge in [0.2, 0.25) is 5.91 Å². The van der Waals surface area contributed by atoms with Gasteiger partial charge in [-0.25, -0.2) is 9.37 Å². The van der Waals surface area contributed by atoms with E-state index in [1.165, 1.54) is 12.1 Å². The Morgan fingerprint density at radius 1 is 1.14 bits per heavy atom. The second kappa shape index (κ2) is 10.9. The van der Waals surface area contributed by atoms with Gasteiger partial charge in [-0.15, -0.1) is 24.2 Å². The predicted octanol–water partition coefficient (Wildman–Crippen LogP) is 5.24. The SMILES string of the molecule is Cc1cccc2sc(N(CCN(C)C)C(=O)CCSc3ccc(F)cc3)nc12.Cl. The van der Waals surface area contributed by atoms with Crippen molar-refractivity contribution < 1.29 is 9.18 Å². The Kier molecular flexibility index (Phi) is 8.89. The van der Waals surface area contributed by atoms with Gasteiger partial charge in [-0.3, -0.25) is 9.69 Å². The highest BCUT2D eigenvalue weighted by atomic mass is 35.5. The van der Waals surface area contributed by atoms with Crippen molar-refractivity contribution in [3.05, 3.63) is 53.8 Å². The van der Waals surface area contributed by atoms with E-state index in [1.807, 2.05) is 39.2 Å². The number of carbonyl (C=O) groups excluding carboxylic acids is 1. The molecule has 0 aliphatic carbocycles. The first kappa shape index (κ1) is 23.6. The number of fused-ring (bicyclic) bond motifs is 1. The van der Waals surface area contributed by atoms with Crippen molar-refractivity contribution in [3.8, 4) is 0 Å². The number of aromatic nitrogens is 1. The van der Waals surface area contributed by atoms with Gasteiger partial charge in [0, 0.05) is 30.2 Å². The third-order valence-electron chi connectivity index (χ3n) is 4.31. The molecule has 0 aliphatic heterocycles. The average molecular weight is 454 g/mol. The zero-order chi connectivity index (χ0) is 20.1. The second-order valence-corrected chi connectivity index (χ2v) is 9.00. The lowest BCUT2D eigenvalue weighted by Crippen LogP contribution is -2.36. The molecule has 4 nitrogen and oxygen atoms in total. The van der Waals surface area contributed by atoms with E-state index in [2.05, 4.69) is 4.90 Å². The summed E-state index contributed by atoms with van der Waals surface area (Å²) in [4.78, 5) is 22.5. The quantitative estimate of drug-likeness (QED) is 0.437. The number of rotatable bonds is 8. The molecular formula is C21H25ClFN3OS2. The van der Waals surface area contributed by atoms with Crippen LogP contribution in [0.2, 0.25) is 0 Å². The monoisotopic (exact) mass is 453 g/mol. The summed E-state index contributed by atoms with van der Waals surface area (Å²) in [6, 6.07) is 12.5. The number of anilines is 1. The number of likely N-dealkylation sites (N-methyl/N-ethyl adjacent to an activating group) is 1. The average Bonchev–Trinajstić information content (AvgIpc) is 3.08. The van der Waals surface area contributed by atoms with E-state index in [-0.39, 0.29) is 24.1 Å². The molecule has 29 heavy (non-hydrogen) atoms. The molecule has 0 fully saturated rings. The number of para-hydroxylation sites is 1. The minimum absolute atomic E-state index is 0. The zero-order valence-corrected chi connectivity index (χ0v) is 19.2. The predicted molar refractivity (Wildman–Crippen MR) is 124 cm³/mol. The van der Waals surface area contributed by atoms with Crippen LogP contribution < -0.4 is 4.90 Å². The van der Waals surface area contributed by atoms with Gasteiger partial charge in [-0.2, -0.15) is 0 Å². The van der Waals surface area contributed by atoms with E-state index in [1.54, 1.807) is 40.1 Å². The standard InChI is InChI=1S/C21H24FN3OS2.ClH/c1-15-5-4-6-18-20(15)23-21(28-18)25(13-12-24(2)3)19(26)11-14-27-17-9-7-16(22)8-10-17;/h4-10H,11-14H2,1-3H3;1H. The van der Waals surface area contributed by atoms with Crippen LogP contribution in [-0.2, 0) is 4.79 Å². The van der Waals surface area contributed by atoms with Crippen LogP contribution in [0.15, 0.2) is 47.4 Å². The van der Waals surface area contributed by atoms with Crippen LogP contribution in [0.25, 0.3) is 10.2 Å². The maximum atomic E-state index is 13.0. The summed E-state index contributed by atoms with van der Waals surface area (Å²) >= 11 is 3.12. The maximum absolute atomic E-state index is 13.0. The summed E-state index contributed by atoms with van der Waals surface area (Å²) < 4.78 is 14.1. The minimum atomic E-state index is -0.249. The zero-order valence-electron chi connectivity index (χ0n) is 16.7. The number of nitrogens with zero attached hydrogens (tertiary/aromatic N) is 3. The third-order valence-corrected chi connectivity index (χ3v) is 6.37. The molecule has 8 heteroatoms. The molecule has 0 N–H and O–H groups in total. The Morgan fingerprint density at radius 2 is 1.86 bits per heavy atom. The van der Waals surface area contributed by atoms with Crippen LogP contribution in [0.5, 0.6) is 0 Å². The van der Waals surface area contributed by atoms with Crippen LogP contribution in [0.1, 0.15) is 12.0 Å². The van der Waals surface area contributed by atoms with Crippen molar-refractivity contribution in [2.75, 3.05) is 37.8 Å². The van der Waals surface area contributed by atoms with Crippen molar-refractivity contribution in [1.29, 1.82) is 0 Å². The van der Waals surface area contributed by atoms with Crippen molar-refractivity contribution in [1.82, 2.24) is 9.88 Å². The fourth-order valence-corrected chi connectivity index (χ4v) is 4.67. The smallest absolute Gasteiger partial charge is 0.229 e. The Bertz CT molecular complexity index is 947. The number of thiazole rings is 1. The molecule has 0 saturated heterocycles. The van der Waals surface area contributed by atoms with Gasteiger partial charge in [-0.05, 0) is 56.9 Å². The summed E-state index contributed by atoms with van der Waals surface area (Å²) in [5.74, 6) is 0.460. The molecule has 2 aromatic carbocycles. The Labute approximate surface area is 185 Å². The first-order valence-electron chi connectivity index (χ1n) is 9.13. The second-order valence-electron chi connectivity index (χ2n) is 6.82. The van der Waals surface area contributed by atoms with Gasteiger partial charge in [0.25, 0.3) is 0 Å². The number of amides is 1. The number of hydrogen-bond donors (Lipinski definition) is 0. The van der Waals surface area contributed by atoms with Gasteiger partial charge in [-0.1, -0.05) is 23.5 Å². The van der Waals surface area contributed by atoms with E-state index in [4.69, 9.17) is 4.98 Å². The molecule has 0 unspecified atom stereocenters. The number of benzene rings is 2. The van der Waals surface area contributed by atoms with Crippen molar-refractivity contribution >= 4 is 56.8 Å². The van der Waals surface area contributed by atoms with Crippen LogP contribution in [0.4, 0.5) is 9.52 Å². The van der Waals surface area contributed by atoms with Gasteiger partial charge >= 0.3 is 0 Å². The molecule has 156 valence electrons. The maximum Gasteiger partial charge on any atom is 0.229 e. The highest BCUT2D eigenvalue weighted by molar-refractivity contribution is 7.99. The Morgan fingerprint density at radius 3 is 2.52 bits per heavy atom. The Hall–Kier alpha value is -1.67. The van der Waals surface area contributed by atoms with Crippen LogP contribution in [0.3, 0.4) is 0 Å². The number of aryl methyl sites for hydroxylation is 1. The van der Waals surface area contributed by atoms with E-state index in [0.29, 0.717) is 18.7 Å². The summed E-state index contributed by atoms with van der Waals surface area (Å²) in [6.07, 6.45) is 0.407. The Balaban J connectivity index is 0.00000300. The van der Waals surface area contributed by atoms with Gasteiger partial charge in [0.05, 0.1) is 10.2 Å². The molecular weight excluding hydrogens is 429 g/mol. The lowest BCUT2D eigenvalue weighted by molar-refractivity contribution is -0.118. The lowest BCUT2D eigenvalue weighted by atomic mass is 10.2. The molecule has 0 radical (unpaired) electrons. The fourth-order valence-electron chi connectivity index (χ4n) is 2.74. The number of thioether (sulfide) groups is 1. The molecule has 3 aromatic rings. The topological polar surface area (TPSA) is 36.4 Å². The van der Waals surface area contributed by atoms with Crippen molar-refractivity contribution in [2.45, 2.75) is 18.2 Å². The van der Waals surface area contributed by atoms with Crippen LogP contribution in [-0.4, -0.2) is 48.7 Å². The first-order chi connectivity index (χ1) is 13.4. The molecule has 1 aromatic heterocycles. The molecule has 1 amide bonds. The lowest BCUT2D eigenvalue weighted by Gasteiger charge is -2.22. The van der Waals surface area contributed by atoms with E-state index in [9.17, 15) is 9.18 Å². The summed E-state index contributed by atoms with van der Waals surface area (Å²) in [5.41, 5.74) is 2.08. The minimum Gasteiger partial charge on any atom is -0.308 e. The molecule has 0 spiro atoms. The van der Waals surface area contributed by atoms with Crippen LogP contribution in [0, 0.1) is 12.7 Å². The number of hydrogen-bond acceptors (Lipinski definition) is 5. The largest absolute Gasteiger partial charge is 0.308 e. The van der Waals surface area contributed by atoms with Crippen LogP contribution >= 0.6 is 35.5 Å². The van der Waals surface area contributed by atoms with E-state index < -0.39 is 0 Å². The molecule has 3 rings (SSSR count). The number of carbonyl (C=O) groups is 1. The molecule has 0 bridgehead atoms. The summed E-state index contributed by atoms with van der Waals surface area (Å²) in [5, 5.41) is 0.753. The van der Waals surface area contributed by atoms with Crippen molar-refractivity contribution in [2.24, 2.45) is 0 Å². The molecule has 1 heterocycles. The third kappa shape index (κ3) is 6.40. The van der Waals surface area contributed by atoms with E-state index >= 15 is 0 Å². The normalized spacial score (nSPS) is 10.9.